The van der Waals surface area contributed by atoms with Gasteiger partial charge in [0.2, 0.25) is 0 Å². The van der Waals surface area contributed by atoms with E-state index in [1.54, 1.807) is 11.3 Å². The van der Waals surface area contributed by atoms with E-state index >= 15 is 0 Å². The Kier molecular flexibility index (Phi) is 7.86. The van der Waals surface area contributed by atoms with Gasteiger partial charge in [0, 0.05) is 24.5 Å². The van der Waals surface area contributed by atoms with Gasteiger partial charge in [0.1, 0.15) is 0 Å². The van der Waals surface area contributed by atoms with Crippen LogP contribution in [0.15, 0.2) is 12.1 Å². The standard InChI is InChI=1S/C13H23ClN2S/c1-3-5-9-16(4-2)10-8-15-11-12-6-7-13(14)17-12/h6-7,15H,3-5,8-11H2,1-2H3. The molecule has 1 N–H and O–H groups in total. The van der Waals surface area contributed by atoms with Gasteiger partial charge in [-0.1, -0.05) is 31.9 Å². The van der Waals surface area contributed by atoms with E-state index in [1.807, 2.05) is 6.07 Å². The van der Waals surface area contributed by atoms with Crippen molar-refractivity contribution in [1.82, 2.24) is 10.2 Å². The Morgan fingerprint density at radius 2 is 2.12 bits per heavy atom. The minimum absolute atomic E-state index is 0.875. The smallest absolute Gasteiger partial charge is 0.0931 e. The highest BCUT2D eigenvalue weighted by atomic mass is 35.5. The molecule has 4 heteroatoms. The van der Waals surface area contributed by atoms with E-state index in [0.29, 0.717) is 0 Å². The largest absolute Gasteiger partial charge is 0.311 e. The Morgan fingerprint density at radius 3 is 2.71 bits per heavy atom. The lowest BCUT2D eigenvalue weighted by atomic mass is 10.3. The maximum Gasteiger partial charge on any atom is 0.0931 e. The van der Waals surface area contributed by atoms with Crippen LogP contribution in [0.5, 0.6) is 0 Å². The van der Waals surface area contributed by atoms with Crippen LogP contribution in [0.4, 0.5) is 0 Å². The van der Waals surface area contributed by atoms with E-state index in [4.69, 9.17) is 11.6 Å². The average Bonchev–Trinajstić information content (AvgIpc) is 2.74. The maximum atomic E-state index is 5.89. The summed E-state index contributed by atoms with van der Waals surface area (Å²) in [6, 6.07) is 4.05. The third-order valence-corrected chi connectivity index (χ3v) is 4.04. The fourth-order valence-corrected chi connectivity index (χ4v) is 2.76. The van der Waals surface area contributed by atoms with Gasteiger partial charge in [0.15, 0.2) is 0 Å². The van der Waals surface area contributed by atoms with E-state index in [9.17, 15) is 0 Å². The van der Waals surface area contributed by atoms with Crippen LogP contribution in [0.25, 0.3) is 0 Å². The van der Waals surface area contributed by atoms with Crippen molar-refractivity contribution >= 4 is 22.9 Å². The van der Waals surface area contributed by atoms with Crippen LogP contribution in [0, 0.1) is 0 Å². The summed E-state index contributed by atoms with van der Waals surface area (Å²) in [5, 5.41) is 3.47. The lowest BCUT2D eigenvalue weighted by Crippen LogP contribution is -2.32. The summed E-state index contributed by atoms with van der Waals surface area (Å²) in [7, 11) is 0. The third kappa shape index (κ3) is 6.41. The van der Waals surface area contributed by atoms with Crippen molar-refractivity contribution in [3.8, 4) is 0 Å². The van der Waals surface area contributed by atoms with Gasteiger partial charge in [0.25, 0.3) is 0 Å². The van der Waals surface area contributed by atoms with E-state index in [2.05, 4.69) is 30.1 Å². The summed E-state index contributed by atoms with van der Waals surface area (Å²) >= 11 is 7.54. The second-order valence-electron chi connectivity index (χ2n) is 4.17. The number of rotatable bonds is 9. The Bertz CT molecular complexity index is 301. The predicted molar refractivity (Wildman–Crippen MR) is 78.1 cm³/mol. The number of halogens is 1. The number of hydrogen-bond donors (Lipinski definition) is 1. The molecule has 0 radical (unpaired) electrons. The molecule has 0 unspecified atom stereocenters. The minimum Gasteiger partial charge on any atom is -0.311 e. The van der Waals surface area contributed by atoms with Gasteiger partial charge in [-0.3, -0.25) is 0 Å². The Balaban J connectivity index is 2.09. The second-order valence-corrected chi connectivity index (χ2v) is 5.97. The van der Waals surface area contributed by atoms with Crippen LogP contribution < -0.4 is 5.32 Å². The molecule has 0 amide bonds. The molecule has 1 aromatic heterocycles. The molecule has 1 rings (SSSR count). The number of likely N-dealkylation sites (N-methyl/N-ethyl adjacent to an activating group) is 1. The van der Waals surface area contributed by atoms with Crippen molar-refractivity contribution in [2.24, 2.45) is 0 Å². The molecule has 0 fully saturated rings. The van der Waals surface area contributed by atoms with Crippen molar-refractivity contribution in [3.63, 3.8) is 0 Å². The minimum atomic E-state index is 0.875. The quantitative estimate of drug-likeness (QED) is 0.692. The molecule has 0 aliphatic heterocycles. The molecule has 98 valence electrons. The molecule has 0 saturated carbocycles. The van der Waals surface area contributed by atoms with Gasteiger partial charge < -0.3 is 10.2 Å². The van der Waals surface area contributed by atoms with Crippen LogP contribution in [0.1, 0.15) is 31.6 Å². The van der Waals surface area contributed by atoms with Crippen LogP contribution >= 0.6 is 22.9 Å². The topological polar surface area (TPSA) is 15.3 Å². The molecule has 0 aliphatic carbocycles. The van der Waals surface area contributed by atoms with Gasteiger partial charge in [-0.05, 0) is 31.6 Å². The van der Waals surface area contributed by atoms with Gasteiger partial charge in [0.05, 0.1) is 4.34 Å². The van der Waals surface area contributed by atoms with Gasteiger partial charge in [-0.2, -0.15) is 0 Å². The van der Waals surface area contributed by atoms with Crippen LogP contribution in [0.2, 0.25) is 4.34 Å². The first-order valence-electron chi connectivity index (χ1n) is 6.43. The first-order valence-corrected chi connectivity index (χ1v) is 7.63. The van der Waals surface area contributed by atoms with Crippen LogP contribution in [-0.4, -0.2) is 31.1 Å². The zero-order valence-corrected chi connectivity index (χ0v) is 12.4. The highest BCUT2D eigenvalue weighted by Gasteiger charge is 2.01. The molecule has 0 saturated heterocycles. The lowest BCUT2D eigenvalue weighted by molar-refractivity contribution is 0.282. The summed E-state index contributed by atoms with van der Waals surface area (Å²) in [5.41, 5.74) is 0. The van der Waals surface area contributed by atoms with Crippen molar-refractivity contribution in [3.05, 3.63) is 21.3 Å². The van der Waals surface area contributed by atoms with Crippen molar-refractivity contribution in [2.75, 3.05) is 26.2 Å². The van der Waals surface area contributed by atoms with Gasteiger partial charge in [-0.15, -0.1) is 11.3 Å². The van der Waals surface area contributed by atoms with Crippen molar-refractivity contribution in [2.45, 2.75) is 33.2 Å². The molecule has 0 spiro atoms. The fourth-order valence-electron chi connectivity index (χ4n) is 1.71. The van der Waals surface area contributed by atoms with Crippen molar-refractivity contribution in [1.29, 1.82) is 0 Å². The van der Waals surface area contributed by atoms with Crippen LogP contribution in [-0.2, 0) is 6.54 Å². The second kappa shape index (κ2) is 8.92. The lowest BCUT2D eigenvalue weighted by Gasteiger charge is -2.20. The summed E-state index contributed by atoms with van der Waals surface area (Å²) in [6.45, 7) is 9.96. The first-order chi connectivity index (χ1) is 8.26. The highest BCUT2D eigenvalue weighted by molar-refractivity contribution is 7.16. The molecule has 0 aromatic carbocycles. The van der Waals surface area contributed by atoms with Gasteiger partial charge >= 0.3 is 0 Å². The van der Waals surface area contributed by atoms with E-state index in [0.717, 1.165) is 30.5 Å². The molecule has 1 heterocycles. The predicted octanol–water partition coefficient (Wildman–Crippen LogP) is 3.61. The molecular weight excluding hydrogens is 252 g/mol. The fraction of sp³-hybridized carbons (Fsp3) is 0.692. The molecule has 1 aromatic rings. The average molecular weight is 275 g/mol. The number of thiophene rings is 1. The zero-order chi connectivity index (χ0) is 12.5. The molecule has 0 aliphatic rings. The van der Waals surface area contributed by atoms with E-state index < -0.39 is 0 Å². The maximum absolute atomic E-state index is 5.89. The molecule has 17 heavy (non-hydrogen) atoms. The Morgan fingerprint density at radius 1 is 1.29 bits per heavy atom. The monoisotopic (exact) mass is 274 g/mol. The van der Waals surface area contributed by atoms with E-state index in [-0.39, 0.29) is 0 Å². The normalized spacial score (nSPS) is 11.3. The summed E-state index contributed by atoms with van der Waals surface area (Å²) in [4.78, 5) is 3.81. The van der Waals surface area contributed by atoms with E-state index in [1.165, 1.54) is 24.3 Å². The number of nitrogens with one attached hydrogen (secondary N) is 1. The molecule has 0 bridgehead atoms. The summed E-state index contributed by atoms with van der Waals surface area (Å²) in [6.07, 6.45) is 2.58. The Labute approximate surface area is 114 Å². The molecule has 2 nitrogen and oxygen atoms in total. The van der Waals surface area contributed by atoms with Crippen molar-refractivity contribution < 1.29 is 0 Å². The number of unbranched alkanes of at least 4 members (excludes halogenated alkanes) is 1. The zero-order valence-electron chi connectivity index (χ0n) is 10.8. The summed E-state index contributed by atoms with van der Waals surface area (Å²) in [5.74, 6) is 0. The number of nitrogens with zero attached hydrogens (tertiary/aromatic N) is 1. The third-order valence-electron chi connectivity index (χ3n) is 2.81. The SMILES string of the molecule is CCCCN(CC)CCNCc1ccc(Cl)s1. The number of hydrogen-bond acceptors (Lipinski definition) is 3. The highest BCUT2D eigenvalue weighted by Crippen LogP contribution is 2.20. The summed E-state index contributed by atoms with van der Waals surface area (Å²) < 4.78 is 0.875. The molecule has 0 atom stereocenters. The Hall–Kier alpha value is -0.0900. The molecular formula is C13H23ClN2S. The van der Waals surface area contributed by atoms with Gasteiger partial charge in [-0.25, -0.2) is 0 Å². The van der Waals surface area contributed by atoms with Crippen LogP contribution in [0.3, 0.4) is 0 Å². The first kappa shape index (κ1) is 15.0.